The molecular weight excluding hydrogens is 288 g/mol. The maximum absolute atomic E-state index is 11.8. The second-order valence-corrected chi connectivity index (χ2v) is 8.98. The number of rotatable bonds is 1. The van der Waals surface area contributed by atoms with Crippen molar-refractivity contribution in [2.45, 2.75) is 65.2 Å². The molecule has 1 N–H and O–H groups in total. The lowest BCUT2D eigenvalue weighted by atomic mass is 9.47. The predicted octanol–water partition coefficient (Wildman–Crippen LogP) is 4.22. The first-order valence-corrected chi connectivity index (χ1v) is 9.33. The topological polar surface area (TPSA) is 54.4 Å². The van der Waals surface area contributed by atoms with Crippen molar-refractivity contribution >= 4 is 11.8 Å². The van der Waals surface area contributed by atoms with Crippen LogP contribution in [0.4, 0.5) is 0 Å². The minimum atomic E-state index is -0.584. The minimum absolute atomic E-state index is 0.00490. The molecule has 0 bridgehead atoms. The summed E-state index contributed by atoms with van der Waals surface area (Å²) in [6.07, 6.45) is 9.99. The zero-order valence-electron chi connectivity index (χ0n) is 14.3. The SMILES string of the molecule is C[C@]12CC[C@@H]3[C@H](CCC4=CC(=O)CC[C@@]43C)[C@H]1CC[C@H]2C(=O)O. The van der Waals surface area contributed by atoms with Crippen molar-refractivity contribution in [3.8, 4) is 0 Å². The van der Waals surface area contributed by atoms with E-state index in [0.717, 1.165) is 44.9 Å². The summed E-state index contributed by atoms with van der Waals surface area (Å²) in [7, 11) is 0. The van der Waals surface area contributed by atoms with Crippen molar-refractivity contribution in [2.75, 3.05) is 0 Å². The molecule has 0 saturated heterocycles. The van der Waals surface area contributed by atoms with Crippen LogP contribution in [0, 0.1) is 34.5 Å². The number of carboxylic acids is 1. The highest BCUT2D eigenvalue weighted by molar-refractivity contribution is 5.91. The minimum Gasteiger partial charge on any atom is -0.481 e. The first-order chi connectivity index (χ1) is 10.9. The summed E-state index contributed by atoms with van der Waals surface area (Å²) in [6, 6.07) is 0. The van der Waals surface area contributed by atoms with Crippen LogP contribution in [0.1, 0.15) is 65.2 Å². The van der Waals surface area contributed by atoms with Gasteiger partial charge in [0.1, 0.15) is 0 Å². The van der Waals surface area contributed by atoms with E-state index in [1.165, 1.54) is 5.57 Å². The Balaban J connectivity index is 1.67. The third kappa shape index (κ3) is 2.01. The summed E-state index contributed by atoms with van der Waals surface area (Å²) in [5.41, 5.74) is 1.58. The van der Waals surface area contributed by atoms with Gasteiger partial charge in [0.05, 0.1) is 5.92 Å². The van der Waals surface area contributed by atoms with Gasteiger partial charge in [0.25, 0.3) is 0 Å². The van der Waals surface area contributed by atoms with Gasteiger partial charge in [-0.15, -0.1) is 0 Å². The Labute approximate surface area is 138 Å². The van der Waals surface area contributed by atoms with E-state index in [4.69, 9.17) is 0 Å². The fourth-order valence-electron chi connectivity index (χ4n) is 6.97. The van der Waals surface area contributed by atoms with E-state index in [-0.39, 0.29) is 16.7 Å². The maximum atomic E-state index is 11.8. The molecule has 0 aromatic rings. The number of fused-ring (bicyclic) bond motifs is 5. The van der Waals surface area contributed by atoms with E-state index in [9.17, 15) is 14.7 Å². The van der Waals surface area contributed by atoms with Crippen molar-refractivity contribution in [1.82, 2.24) is 0 Å². The number of aliphatic carboxylic acids is 1. The molecule has 0 unspecified atom stereocenters. The molecular formula is C20H28O3. The Morgan fingerprint density at radius 2 is 1.87 bits per heavy atom. The molecule has 0 spiro atoms. The highest BCUT2D eigenvalue weighted by atomic mass is 16.4. The summed E-state index contributed by atoms with van der Waals surface area (Å²) < 4.78 is 0. The molecule has 0 aromatic carbocycles. The van der Waals surface area contributed by atoms with Crippen molar-refractivity contribution in [2.24, 2.45) is 34.5 Å². The number of carbonyl (C=O) groups is 2. The molecule has 0 aliphatic heterocycles. The van der Waals surface area contributed by atoms with E-state index < -0.39 is 5.97 Å². The third-order valence-corrected chi connectivity index (χ3v) is 8.26. The second-order valence-electron chi connectivity index (χ2n) is 8.98. The lowest BCUT2D eigenvalue weighted by molar-refractivity contribution is -0.149. The second kappa shape index (κ2) is 4.94. The quantitative estimate of drug-likeness (QED) is 0.788. The van der Waals surface area contributed by atoms with Crippen LogP contribution in [-0.2, 0) is 9.59 Å². The van der Waals surface area contributed by atoms with Gasteiger partial charge in [-0.2, -0.15) is 0 Å². The number of hydrogen-bond donors (Lipinski definition) is 1. The molecule has 3 saturated carbocycles. The van der Waals surface area contributed by atoms with E-state index in [2.05, 4.69) is 13.8 Å². The molecule has 0 aromatic heterocycles. The van der Waals surface area contributed by atoms with Gasteiger partial charge >= 0.3 is 5.97 Å². The highest BCUT2D eigenvalue weighted by Gasteiger charge is 2.60. The molecule has 0 amide bonds. The number of ketones is 1. The molecule has 126 valence electrons. The van der Waals surface area contributed by atoms with Crippen molar-refractivity contribution in [3.05, 3.63) is 11.6 Å². The number of hydrogen-bond acceptors (Lipinski definition) is 2. The molecule has 3 nitrogen and oxygen atoms in total. The van der Waals surface area contributed by atoms with Crippen molar-refractivity contribution in [1.29, 1.82) is 0 Å². The molecule has 23 heavy (non-hydrogen) atoms. The van der Waals surface area contributed by atoms with Gasteiger partial charge in [0.15, 0.2) is 5.78 Å². The Bertz CT molecular complexity index is 592. The van der Waals surface area contributed by atoms with Crippen LogP contribution in [0.25, 0.3) is 0 Å². The van der Waals surface area contributed by atoms with Crippen LogP contribution < -0.4 is 0 Å². The van der Waals surface area contributed by atoms with Crippen molar-refractivity contribution < 1.29 is 14.7 Å². The van der Waals surface area contributed by atoms with Gasteiger partial charge in [-0.05, 0) is 79.6 Å². The lowest BCUT2D eigenvalue weighted by Crippen LogP contribution is -2.51. The summed E-state index contributed by atoms with van der Waals surface area (Å²) in [4.78, 5) is 23.5. The first kappa shape index (κ1) is 15.4. The van der Waals surface area contributed by atoms with Crippen LogP contribution >= 0.6 is 0 Å². The zero-order chi connectivity index (χ0) is 16.4. The number of carboxylic acid groups (broad SMARTS) is 1. The van der Waals surface area contributed by atoms with Gasteiger partial charge in [-0.3, -0.25) is 9.59 Å². The summed E-state index contributed by atoms with van der Waals surface area (Å²) in [5.74, 6) is 1.46. The fourth-order valence-corrected chi connectivity index (χ4v) is 6.97. The van der Waals surface area contributed by atoms with Gasteiger partial charge in [0.2, 0.25) is 0 Å². The third-order valence-electron chi connectivity index (χ3n) is 8.26. The van der Waals surface area contributed by atoms with Crippen LogP contribution in [0.3, 0.4) is 0 Å². The molecule has 4 rings (SSSR count). The van der Waals surface area contributed by atoms with E-state index >= 15 is 0 Å². The Kier molecular flexibility index (Phi) is 3.31. The highest BCUT2D eigenvalue weighted by Crippen LogP contribution is 2.66. The van der Waals surface area contributed by atoms with Gasteiger partial charge in [0, 0.05) is 6.42 Å². The Morgan fingerprint density at radius 1 is 1.09 bits per heavy atom. The molecule has 4 aliphatic carbocycles. The molecule has 0 radical (unpaired) electrons. The summed E-state index contributed by atoms with van der Waals surface area (Å²) >= 11 is 0. The Hall–Kier alpha value is -1.12. The number of carbonyl (C=O) groups excluding carboxylic acids is 1. The summed E-state index contributed by atoms with van der Waals surface area (Å²) in [6.45, 7) is 4.63. The van der Waals surface area contributed by atoms with Gasteiger partial charge < -0.3 is 5.11 Å². The zero-order valence-corrected chi connectivity index (χ0v) is 14.3. The predicted molar refractivity (Wildman–Crippen MR) is 87.8 cm³/mol. The standard InChI is InChI=1S/C20H28O3/c1-19-9-7-13(21)11-12(19)3-4-14-15-5-6-17(18(22)23)20(15,2)10-8-16(14)19/h11,14-17H,3-10H2,1-2H3,(H,22,23)/t14-,15-,16-,17+,19+,20+/m1/s1. The van der Waals surface area contributed by atoms with Crippen LogP contribution in [-0.4, -0.2) is 16.9 Å². The molecule has 0 heterocycles. The van der Waals surface area contributed by atoms with Gasteiger partial charge in [-0.25, -0.2) is 0 Å². The molecule has 6 atom stereocenters. The average molecular weight is 316 g/mol. The van der Waals surface area contributed by atoms with E-state index in [1.54, 1.807) is 0 Å². The monoisotopic (exact) mass is 316 g/mol. The van der Waals surface area contributed by atoms with E-state index in [0.29, 0.717) is 30.0 Å². The van der Waals surface area contributed by atoms with Crippen LogP contribution in [0.15, 0.2) is 11.6 Å². The fraction of sp³-hybridized carbons (Fsp3) is 0.800. The van der Waals surface area contributed by atoms with Crippen LogP contribution in [0.2, 0.25) is 0 Å². The Morgan fingerprint density at radius 3 is 2.61 bits per heavy atom. The summed E-state index contributed by atoms with van der Waals surface area (Å²) in [5, 5.41) is 9.63. The lowest BCUT2D eigenvalue weighted by Gasteiger charge is -2.57. The molecule has 4 aliphatic rings. The number of allylic oxidation sites excluding steroid dienone is 1. The molecule has 3 heteroatoms. The maximum Gasteiger partial charge on any atom is 0.307 e. The largest absolute Gasteiger partial charge is 0.481 e. The smallest absolute Gasteiger partial charge is 0.307 e. The van der Waals surface area contributed by atoms with Crippen LogP contribution in [0.5, 0.6) is 0 Å². The van der Waals surface area contributed by atoms with E-state index in [1.807, 2.05) is 6.08 Å². The normalized spacial score (nSPS) is 49.0. The van der Waals surface area contributed by atoms with Gasteiger partial charge in [-0.1, -0.05) is 19.4 Å². The molecule has 3 fully saturated rings. The average Bonchev–Trinajstić information content (AvgIpc) is 2.85. The van der Waals surface area contributed by atoms with Crippen molar-refractivity contribution in [3.63, 3.8) is 0 Å². The first-order valence-electron chi connectivity index (χ1n) is 9.33.